The third-order valence-corrected chi connectivity index (χ3v) is 4.11. The maximum absolute atomic E-state index is 5.84. The van der Waals surface area contributed by atoms with Crippen molar-refractivity contribution in [2.24, 2.45) is 0 Å². The van der Waals surface area contributed by atoms with Gasteiger partial charge in [-0.1, -0.05) is 15.9 Å². The molecule has 3 nitrogen and oxygen atoms in total. The number of rotatable bonds is 1. The standard InChI is InChI=1S/C7H6BrIN3P/c8-4-1-6(10)5-3-11-12(13-9)7(5)2-4/h1-3,13H,10H2. The molecule has 0 saturated heterocycles. The molecule has 1 atom stereocenters. The first-order chi connectivity index (χ1) is 6.22. The van der Waals surface area contributed by atoms with Crippen molar-refractivity contribution >= 4 is 60.9 Å². The molecule has 0 aliphatic carbocycles. The third-order valence-electron chi connectivity index (χ3n) is 1.77. The molecule has 0 amide bonds. The SMILES string of the molecule is Nc1cc(Br)cc2c1cnn2PI. The number of nitrogens with zero attached hydrogens (tertiary/aromatic N) is 2. The van der Waals surface area contributed by atoms with Gasteiger partial charge in [-0.15, -0.1) is 0 Å². The van der Waals surface area contributed by atoms with Crippen LogP contribution in [0.25, 0.3) is 10.9 Å². The molecule has 1 aromatic carbocycles. The average Bonchev–Trinajstić information content (AvgIpc) is 2.47. The van der Waals surface area contributed by atoms with Gasteiger partial charge in [0.25, 0.3) is 0 Å². The van der Waals surface area contributed by atoms with E-state index in [-0.39, 0.29) is 0 Å². The highest BCUT2D eigenvalue weighted by molar-refractivity contribution is 14.2. The maximum atomic E-state index is 5.84. The minimum atomic E-state index is 0.600. The van der Waals surface area contributed by atoms with E-state index in [1.807, 2.05) is 22.8 Å². The molecule has 0 bridgehead atoms. The van der Waals surface area contributed by atoms with Crippen LogP contribution < -0.4 is 5.73 Å². The minimum Gasteiger partial charge on any atom is -0.398 e. The number of fused-ring (bicyclic) bond motifs is 1. The topological polar surface area (TPSA) is 43.8 Å². The van der Waals surface area contributed by atoms with Crippen molar-refractivity contribution in [2.45, 2.75) is 0 Å². The first-order valence-corrected chi connectivity index (χ1v) is 8.37. The number of nitrogens with two attached hydrogens (primary N) is 1. The zero-order valence-corrected chi connectivity index (χ0v) is 11.2. The van der Waals surface area contributed by atoms with Crippen LogP contribution >= 0.6 is 44.3 Å². The molecule has 13 heavy (non-hydrogen) atoms. The molecule has 0 spiro atoms. The van der Waals surface area contributed by atoms with Gasteiger partial charge in [-0.05, 0) is 34.2 Å². The molecular weight excluding hydrogens is 364 g/mol. The number of hydrogen-bond donors (Lipinski definition) is 1. The Kier molecular flexibility index (Phi) is 2.76. The Morgan fingerprint density at radius 2 is 2.31 bits per heavy atom. The van der Waals surface area contributed by atoms with Crippen LogP contribution in [0.3, 0.4) is 0 Å². The van der Waals surface area contributed by atoms with E-state index in [0.717, 1.165) is 21.1 Å². The van der Waals surface area contributed by atoms with E-state index >= 15 is 0 Å². The van der Waals surface area contributed by atoms with E-state index in [9.17, 15) is 0 Å². The van der Waals surface area contributed by atoms with Gasteiger partial charge in [-0.3, -0.25) is 0 Å². The summed E-state index contributed by atoms with van der Waals surface area (Å²) in [5.74, 6) is 0. The molecule has 0 saturated carbocycles. The highest BCUT2D eigenvalue weighted by Gasteiger charge is 2.05. The molecule has 1 aromatic heterocycles. The Labute approximate surface area is 98.5 Å². The van der Waals surface area contributed by atoms with Gasteiger partial charge in [0.1, 0.15) is 0 Å². The molecule has 2 aromatic rings. The molecule has 68 valence electrons. The maximum Gasteiger partial charge on any atom is 0.0761 e. The van der Waals surface area contributed by atoms with Gasteiger partial charge in [0.05, 0.1) is 18.1 Å². The van der Waals surface area contributed by atoms with Gasteiger partial charge in [0, 0.05) is 15.5 Å². The van der Waals surface area contributed by atoms with Crippen molar-refractivity contribution in [3.63, 3.8) is 0 Å². The monoisotopic (exact) mass is 369 g/mol. The normalized spacial score (nSPS) is 11.8. The largest absolute Gasteiger partial charge is 0.398 e. The molecule has 0 aliphatic rings. The molecule has 1 heterocycles. The molecular formula is C7H6BrIN3P. The summed E-state index contributed by atoms with van der Waals surface area (Å²) in [4.78, 5) is 0. The summed E-state index contributed by atoms with van der Waals surface area (Å²) < 4.78 is 2.94. The first-order valence-electron chi connectivity index (χ1n) is 3.52. The lowest BCUT2D eigenvalue weighted by Gasteiger charge is -2.00. The van der Waals surface area contributed by atoms with Gasteiger partial charge in [-0.2, -0.15) is 5.10 Å². The minimum absolute atomic E-state index is 0.600. The van der Waals surface area contributed by atoms with Crippen LogP contribution in [-0.4, -0.2) is 9.55 Å². The number of halogens is 2. The van der Waals surface area contributed by atoms with Crippen LogP contribution in [0.4, 0.5) is 5.69 Å². The zero-order valence-electron chi connectivity index (χ0n) is 6.46. The van der Waals surface area contributed by atoms with Gasteiger partial charge in [0.15, 0.2) is 0 Å². The summed E-state index contributed by atoms with van der Waals surface area (Å²) >= 11 is 5.70. The van der Waals surface area contributed by atoms with Crippen molar-refractivity contribution in [3.8, 4) is 0 Å². The van der Waals surface area contributed by atoms with E-state index in [0.29, 0.717) is 6.37 Å². The van der Waals surface area contributed by atoms with Gasteiger partial charge in [-0.25, -0.2) is 4.45 Å². The second-order valence-corrected chi connectivity index (χ2v) is 5.52. The van der Waals surface area contributed by atoms with E-state index in [4.69, 9.17) is 5.73 Å². The van der Waals surface area contributed by atoms with Crippen LogP contribution in [0.1, 0.15) is 0 Å². The molecule has 2 N–H and O–H groups in total. The molecule has 6 heteroatoms. The lowest BCUT2D eigenvalue weighted by atomic mass is 10.2. The third kappa shape index (κ3) is 1.69. The van der Waals surface area contributed by atoms with Crippen molar-refractivity contribution in [1.29, 1.82) is 0 Å². The van der Waals surface area contributed by atoms with Crippen molar-refractivity contribution in [2.75, 3.05) is 5.73 Å². The van der Waals surface area contributed by atoms with Gasteiger partial charge < -0.3 is 5.73 Å². The Morgan fingerprint density at radius 3 is 3.00 bits per heavy atom. The lowest BCUT2D eigenvalue weighted by molar-refractivity contribution is 1.04. The summed E-state index contributed by atoms with van der Waals surface area (Å²) in [5, 5.41) is 5.26. The molecule has 0 fully saturated rings. The fourth-order valence-corrected chi connectivity index (χ4v) is 3.18. The van der Waals surface area contributed by atoms with Crippen molar-refractivity contribution in [1.82, 2.24) is 9.55 Å². The molecule has 2 rings (SSSR count). The number of benzene rings is 1. The van der Waals surface area contributed by atoms with E-state index in [2.05, 4.69) is 43.1 Å². The number of nitrogen functional groups attached to an aromatic ring is 1. The first kappa shape index (κ1) is 9.68. The van der Waals surface area contributed by atoms with Crippen molar-refractivity contribution < 1.29 is 0 Å². The summed E-state index contributed by atoms with van der Waals surface area (Å²) in [6.45, 7) is 0. The van der Waals surface area contributed by atoms with E-state index in [1.165, 1.54) is 0 Å². The summed E-state index contributed by atoms with van der Waals surface area (Å²) in [6, 6.07) is 3.93. The predicted octanol–water partition coefficient (Wildman–Crippen LogP) is 3.17. The van der Waals surface area contributed by atoms with Crippen LogP contribution in [0.15, 0.2) is 22.8 Å². The predicted molar refractivity (Wildman–Crippen MR) is 69.6 cm³/mol. The second-order valence-electron chi connectivity index (χ2n) is 2.57. The Morgan fingerprint density at radius 1 is 1.54 bits per heavy atom. The average molecular weight is 370 g/mol. The molecule has 0 aliphatic heterocycles. The van der Waals surface area contributed by atoms with Crippen LogP contribution in [0.2, 0.25) is 0 Å². The highest BCUT2D eigenvalue weighted by atomic mass is 127. The molecule has 1 unspecified atom stereocenters. The number of anilines is 1. The fourth-order valence-electron chi connectivity index (χ4n) is 1.19. The summed E-state index contributed by atoms with van der Waals surface area (Å²) in [7, 11) is 0. The Bertz CT molecular complexity index is 456. The second kappa shape index (κ2) is 3.71. The highest BCUT2D eigenvalue weighted by Crippen LogP contribution is 2.32. The molecule has 0 radical (unpaired) electrons. The number of aromatic nitrogens is 2. The van der Waals surface area contributed by atoms with E-state index < -0.39 is 0 Å². The van der Waals surface area contributed by atoms with Crippen LogP contribution in [-0.2, 0) is 0 Å². The van der Waals surface area contributed by atoms with Crippen molar-refractivity contribution in [3.05, 3.63) is 22.8 Å². The van der Waals surface area contributed by atoms with Crippen LogP contribution in [0.5, 0.6) is 0 Å². The van der Waals surface area contributed by atoms with E-state index in [1.54, 1.807) is 0 Å². The summed E-state index contributed by atoms with van der Waals surface area (Å²) in [6.07, 6.45) is 2.41. The van der Waals surface area contributed by atoms with Gasteiger partial charge in [0.2, 0.25) is 0 Å². The Balaban J connectivity index is 2.82. The lowest BCUT2D eigenvalue weighted by Crippen LogP contribution is -1.87. The Hall–Kier alpha value is 0.130. The smallest absolute Gasteiger partial charge is 0.0761 e. The van der Waals surface area contributed by atoms with Gasteiger partial charge >= 0.3 is 0 Å². The van der Waals surface area contributed by atoms with Crippen LogP contribution in [0, 0.1) is 0 Å². The zero-order chi connectivity index (χ0) is 9.42. The fraction of sp³-hybridized carbons (Fsp3) is 0. The summed E-state index contributed by atoms with van der Waals surface area (Å²) in [5.41, 5.74) is 7.69. The quantitative estimate of drug-likeness (QED) is 0.476. The number of hydrogen-bond acceptors (Lipinski definition) is 2.